The molecule has 0 saturated carbocycles. The molecule has 0 fully saturated rings. The summed E-state index contributed by atoms with van der Waals surface area (Å²) >= 11 is 0. The number of hydrogen-bond donors (Lipinski definition) is 1. The van der Waals surface area contributed by atoms with Gasteiger partial charge in [-0.25, -0.2) is 4.79 Å². The van der Waals surface area contributed by atoms with Crippen molar-refractivity contribution in [2.24, 2.45) is 0 Å². The summed E-state index contributed by atoms with van der Waals surface area (Å²) in [6.07, 6.45) is 1.96. The number of ether oxygens (including phenoxy) is 1. The number of amides is 2. The molecule has 1 aliphatic carbocycles. The van der Waals surface area contributed by atoms with Crippen LogP contribution in [-0.2, 0) is 22.4 Å². The summed E-state index contributed by atoms with van der Waals surface area (Å²) in [6.45, 7) is 4.75. The maximum Gasteiger partial charge on any atom is 0.339 e. The van der Waals surface area contributed by atoms with E-state index >= 15 is 0 Å². The number of aryl methyl sites for hydroxylation is 2. The van der Waals surface area contributed by atoms with E-state index in [2.05, 4.69) is 11.4 Å². The third kappa shape index (κ3) is 4.21. The summed E-state index contributed by atoms with van der Waals surface area (Å²) in [4.78, 5) is 39.0. The second-order valence-corrected chi connectivity index (χ2v) is 7.79. The van der Waals surface area contributed by atoms with Gasteiger partial charge in [-0.2, -0.15) is 0 Å². The predicted octanol–water partition coefficient (Wildman–Crippen LogP) is 4.22. The van der Waals surface area contributed by atoms with Gasteiger partial charge in [0.25, 0.3) is 11.8 Å². The van der Waals surface area contributed by atoms with Crippen molar-refractivity contribution in [1.29, 1.82) is 0 Å². The Morgan fingerprint density at radius 2 is 1.59 bits per heavy atom. The molecule has 0 heterocycles. The van der Waals surface area contributed by atoms with Crippen molar-refractivity contribution in [2.45, 2.75) is 26.7 Å². The second-order valence-electron chi connectivity index (χ2n) is 7.79. The van der Waals surface area contributed by atoms with Crippen molar-refractivity contribution in [3.05, 3.63) is 76.9 Å². The number of anilines is 1. The van der Waals surface area contributed by atoms with Gasteiger partial charge in [0.15, 0.2) is 6.61 Å². The van der Waals surface area contributed by atoms with Crippen LogP contribution >= 0.6 is 0 Å². The molecule has 1 aliphatic rings. The molecule has 0 bridgehead atoms. The van der Waals surface area contributed by atoms with Gasteiger partial charge < -0.3 is 15.0 Å². The monoisotopic (exact) mass is 430 g/mol. The molecule has 0 saturated heterocycles. The summed E-state index contributed by atoms with van der Waals surface area (Å²) < 4.78 is 5.28. The fourth-order valence-electron chi connectivity index (χ4n) is 4.22. The standard InChI is InChI=1S/C26H26N2O4/c1-3-28(4-2)25(30)19-10-13-20(14-11-19)27-23(29)16-32-26(31)22-15-12-18-9-8-17-6-5-7-21(22)24(17)18/h5-7,10-15H,3-4,8-9,16H2,1-2H3,(H,27,29). The van der Waals surface area contributed by atoms with Crippen molar-refractivity contribution in [3.8, 4) is 0 Å². The second kappa shape index (κ2) is 9.22. The summed E-state index contributed by atoms with van der Waals surface area (Å²) in [5.41, 5.74) is 4.05. The van der Waals surface area contributed by atoms with Crippen LogP contribution in [0.5, 0.6) is 0 Å². The molecule has 2 amide bonds. The fourth-order valence-corrected chi connectivity index (χ4v) is 4.22. The molecule has 0 spiro atoms. The molecule has 32 heavy (non-hydrogen) atoms. The molecule has 0 unspecified atom stereocenters. The fraction of sp³-hybridized carbons (Fsp3) is 0.269. The summed E-state index contributed by atoms with van der Waals surface area (Å²) in [5.74, 6) is -1.00. The van der Waals surface area contributed by atoms with E-state index in [0.717, 1.165) is 23.6 Å². The van der Waals surface area contributed by atoms with Crippen LogP contribution in [0.4, 0.5) is 5.69 Å². The van der Waals surface area contributed by atoms with E-state index in [9.17, 15) is 14.4 Å². The van der Waals surface area contributed by atoms with Crippen LogP contribution in [-0.4, -0.2) is 42.4 Å². The van der Waals surface area contributed by atoms with Gasteiger partial charge >= 0.3 is 5.97 Å². The maximum absolute atomic E-state index is 12.7. The van der Waals surface area contributed by atoms with Crippen molar-refractivity contribution < 1.29 is 19.1 Å². The third-order valence-corrected chi connectivity index (χ3v) is 5.90. The minimum absolute atomic E-state index is 0.0489. The lowest BCUT2D eigenvalue weighted by Crippen LogP contribution is -2.30. The molecule has 6 nitrogen and oxygen atoms in total. The van der Waals surface area contributed by atoms with Crippen LogP contribution in [0.3, 0.4) is 0 Å². The molecule has 6 heteroatoms. The quantitative estimate of drug-likeness (QED) is 0.570. The highest BCUT2D eigenvalue weighted by molar-refractivity contribution is 6.07. The normalized spacial score (nSPS) is 11.9. The smallest absolute Gasteiger partial charge is 0.339 e. The molecule has 4 rings (SSSR count). The largest absolute Gasteiger partial charge is 0.452 e. The highest BCUT2D eigenvalue weighted by atomic mass is 16.5. The zero-order chi connectivity index (χ0) is 22.7. The number of esters is 1. The van der Waals surface area contributed by atoms with Crippen molar-refractivity contribution >= 4 is 34.2 Å². The number of rotatable bonds is 7. The lowest BCUT2D eigenvalue weighted by molar-refractivity contribution is -0.119. The van der Waals surface area contributed by atoms with E-state index in [0.29, 0.717) is 29.9 Å². The highest BCUT2D eigenvalue weighted by Crippen LogP contribution is 2.33. The van der Waals surface area contributed by atoms with Crippen LogP contribution in [0, 0.1) is 0 Å². The van der Waals surface area contributed by atoms with Gasteiger partial charge in [-0.05, 0) is 78.9 Å². The molecule has 0 aliphatic heterocycles. The number of nitrogens with zero attached hydrogens (tertiary/aromatic N) is 1. The molecular formula is C26H26N2O4. The minimum atomic E-state index is -0.518. The van der Waals surface area contributed by atoms with Crippen LogP contribution in [0.2, 0.25) is 0 Å². The van der Waals surface area contributed by atoms with E-state index in [1.54, 1.807) is 35.2 Å². The van der Waals surface area contributed by atoms with Gasteiger partial charge in [0.2, 0.25) is 0 Å². The Kier molecular flexibility index (Phi) is 6.21. The number of carbonyl (C=O) groups excluding carboxylic acids is 3. The first-order valence-electron chi connectivity index (χ1n) is 10.9. The maximum atomic E-state index is 12.7. The Morgan fingerprint density at radius 3 is 2.28 bits per heavy atom. The number of hydrogen-bond acceptors (Lipinski definition) is 4. The summed E-state index contributed by atoms with van der Waals surface area (Å²) in [6, 6.07) is 16.4. The van der Waals surface area contributed by atoms with Gasteiger partial charge in [0, 0.05) is 24.3 Å². The van der Waals surface area contributed by atoms with Crippen LogP contribution < -0.4 is 5.32 Å². The van der Waals surface area contributed by atoms with Gasteiger partial charge in [0.05, 0.1) is 5.56 Å². The van der Waals surface area contributed by atoms with Crippen molar-refractivity contribution in [1.82, 2.24) is 4.90 Å². The topological polar surface area (TPSA) is 75.7 Å². The highest BCUT2D eigenvalue weighted by Gasteiger charge is 2.20. The van der Waals surface area contributed by atoms with Gasteiger partial charge in [-0.1, -0.05) is 24.3 Å². The zero-order valence-corrected chi connectivity index (χ0v) is 18.3. The lowest BCUT2D eigenvalue weighted by Gasteiger charge is -2.18. The van der Waals surface area contributed by atoms with Gasteiger partial charge in [-0.3, -0.25) is 9.59 Å². The van der Waals surface area contributed by atoms with Crippen molar-refractivity contribution in [2.75, 3.05) is 25.0 Å². The molecular weight excluding hydrogens is 404 g/mol. The molecule has 3 aromatic rings. The summed E-state index contributed by atoms with van der Waals surface area (Å²) in [5, 5.41) is 4.70. The zero-order valence-electron chi connectivity index (χ0n) is 18.3. The average molecular weight is 431 g/mol. The van der Waals surface area contributed by atoms with E-state index < -0.39 is 11.9 Å². The van der Waals surface area contributed by atoms with E-state index in [-0.39, 0.29) is 12.5 Å². The first kappa shape index (κ1) is 21.6. The minimum Gasteiger partial charge on any atom is -0.452 e. The van der Waals surface area contributed by atoms with Gasteiger partial charge in [0.1, 0.15) is 0 Å². The van der Waals surface area contributed by atoms with E-state index in [4.69, 9.17) is 4.74 Å². The number of nitrogens with one attached hydrogen (secondary N) is 1. The Morgan fingerprint density at radius 1 is 0.906 bits per heavy atom. The molecule has 0 radical (unpaired) electrons. The van der Waals surface area contributed by atoms with E-state index in [1.165, 1.54) is 11.1 Å². The van der Waals surface area contributed by atoms with Crippen LogP contribution in [0.1, 0.15) is 45.7 Å². The number of benzene rings is 3. The predicted molar refractivity (Wildman–Crippen MR) is 124 cm³/mol. The lowest BCUT2D eigenvalue weighted by atomic mass is 10.00. The van der Waals surface area contributed by atoms with Crippen molar-refractivity contribution in [3.63, 3.8) is 0 Å². The third-order valence-electron chi connectivity index (χ3n) is 5.90. The Hall–Kier alpha value is -3.67. The molecule has 0 aromatic heterocycles. The molecule has 3 aromatic carbocycles. The van der Waals surface area contributed by atoms with Gasteiger partial charge in [-0.15, -0.1) is 0 Å². The average Bonchev–Trinajstić information content (AvgIpc) is 3.24. The Labute approximate surface area is 187 Å². The Bertz CT molecular complexity index is 1170. The van der Waals surface area contributed by atoms with E-state index in [1.807, 2.05) is 32.0 Å². The molecule has 1 N–H and O–H groups in total. The first-order chi connectivity index (χ1) is 15.5. The number of carbonyl (C=O) groups is 3. The Balaban J connectivity index is 1.37. The first-order valence-corrected chi connectivity index (χ1v) is 10.9. The summed E-state index contributed by atoms with van der Waals surface area (Å²) in [7, 11) is 0. The molecule has 0 atom stereocenters. The van der Waals surface area contributed by atoms with Crippen LogP contribution in [0.25, 0.3) is 10.8 Å². The molecule has 164 valence electrons. The van der Waals surface area contributed by atoms with Crippen LogP contribution in [0.15, 0.2) is 54.6 Å². The SMILES string of the molecule is CCN(CC)C(=O)c1ccc(NC(=O)COC(=O)c2ccc3c4c(cccc24)CC3)cc1.